The first kappa shape index (κ1) is 14.1. The maximum Gasteiger partial charge on any atom is 0.136 e. The van der Waals surface area contributed by atoms with Gasteiger partial charge in [-0.25, -0.2) is 4.39 Å². The molecule has 100 valence electrons. The van der Waals surface area contributed by atoms with E-state index < -0.39 is 12.7 Å². The van der Waals surface area contributed by atoms with Crippen molar-refractivity contribution < 1.29 is 9.50 Å². The number of nitrogens with one attached hydrogen (secondary N) is 1. The van der Waals surface area contributed by atoms with E-state index >= 15 is 0 Å². The third-order valence-corrected chi connectivity index (χ3v) is 4.54. The molecule has 18 heavy (non-hydrogen) atoms. The van der Waals surface area contributed by atoms with E-state index in [0.717, 1.165) is 26.2 Å². The van der Waals surface area contributed by atoms with Gasteiger partial charge in [0.1, 0.15) is 12.4 Å². The summed E-state index contributed by atoms with van der Waals surface area (Å²) in [5, 5.41) is 13.7. The summed E-state index contributed by atoms with van der Waals surface area (Å²) in [5.41, 5.74) is 0.579. The Morgan fingerprint density at radius 1 is 1.44 bits per heavy atom. The lowest BCUT2D eigenvalue weighted by molar-refractivity contribution is 0.145. The van der Waals surface area contributed by atoms with Gasteiger partial charge >= 0.3 is 0 Å². The molecule has 0 aliphatic carbocycles. The highest BCUT2D eigenvalue weighted by Crippen LogP contribution is 2.39. The average molecular weight is 338 g/mol. The molecule has 1 atom stereocenters. The minimum atomic E-state index is -0.526. The van der Waals surface area contributed by atoms with Gasteiger partial charge in [0.25, 0.3) is 0 Å². The van der Waals surface area contributed by atoms with Gasteiger partial charge in [-0.2, -0.15) is 0 Å². The molecule has 6 heteroatoms. The number of phenolic OH excluding ortho intramolecular Hbond substituents is 1. The van der Waals surface area contributed by atoms with Crippen molar-refractivity contribution in [2.45, 2.75) is 6.04 Å². The van der Waals surface area contributed by atoms with Crippen molar-refractivity contribution >= 4 is 27.5 Å². The second-order valence-electron chi connectivity index (χ2n) is 4.26. The zero-order valence-corrected chi connectivity index (χ0v) is 12.1. The second kappa shape index (κ2) is 6.19. The summed E-state index contributed by atoms with van der Waals surface area (Å²) < 4.78 is 13.7. The van der Waals surface area contributed by atoms with Crippen LogP contribution in [0.4, 0.5) is 4.39 Å². The number of alkyl halides is 1. The molecule has 0 unspecified atom stereocenters. The predicted molar refractivity (Wildman–Crippen MR) is 74.0 cm³/mol. The van der Waals surface area contributed by atoms with E-state index in [0.29, 0.717) is 15.1 Å². The van der Waals surface area contributed by atoms with Crippen LogP contribution in [0.5, 0.6) is 5.75 Å². The Balaban J connectivity index is 2.29. The van der Waals surface area contributed by atoms with Crippen LogP contribution < -0.4 is 5.32 Å². The summed E-state index contributed by atoms with van der Waals surface area (Å²) in [7, 11) is 0. The van der Waals surface area contributed by atoms with Crippen LogP contribution in [0.2, 0.25) is 5.02 Å². The molecule has 1 fully saturated rings. The van der Waals surface area contributed by atoms with Gasteiger partial charge in [-0.15, -0.1) is 0 Å². The topological polar surface area (TPSA) is 35.5 Å². The summed E-state index contributed by atoms with van der Waals surface area (Å²) in [6.07, 6.45) is 0. The third kappa shape index (κ3) is 2.79. The van der Waals surface area contributed by atoms with Gasteiger partial charge in [0.2, 0.25) is 0 Å². The summed E-state index contributed by atoms with van der Waals surface area (Å²) in [5.74, 6) is 0.0312. The molecule has 1 aromatic carbocycles. The van der Waals surface area contributed by atoms with Crippen LogP contribution in [0.1, 0.15) is 11.6 Å². The highest BCUT2D eigenvalue weighted by Gasteiger charge is 2.25. The monoisotopic (exact) mass is 336 g/mol. The first-order valence-corrected chi connectivity index (χ1v) is 7.00. The van der Waals surface area contributed by atoms with Crippen LogP contribution >= 0.6 is 27.5 Å². The van der Waals surface area contributed by atoms with Gasteiger partial charge in [0.05, 0.1) is 15.5 Å². The van der Waals surface area contributed by atoms with Crippen molar-refractivity contribution in [3.8, 4) is 5.75 Å². The highest BCUT2D eigenvalue weighted by atomic mass is 79.9. The van der Waals surface area contributed by atoms with Gasteiger partial charge in [-0.3, -0.25) is 4.90 Å². The van der Waals surface area contributed by atoms with Crippen LogP contribution in [-0.4, -0.2) is 42.9 Å². The standard InChI is InChI=1S/C12H15BrClFN2O/c13-11-9(14)2-1-8(12(11)18)10(7-15)17-5-3-16-4-6-17/h1-2,10,16,18H,3-7H2/t10-/m1/s1. The van der Waals surface area contributed by atoms with Gasteiger partial charge in [-0.05, 0) is 22.0 Å². The molecule has 0 bridgehead atoms. The molecule has 1 aliphatic heterocycles. The molecule has 2 N–H and O–H groups in total. The number of nitrogens with zero attached hydrogens (tertiary/aromatic N) is 1. The second-order valence-corrected chi connectivity index (χ2v) is 5.46. The lowest BCUT2D eigenvalue weighted by Crippen LogP contribution is -2.45. The van der Waals surface area contributed by atoms with Gasteiger partial charge < -0.3 is 10.4 Å². The van der Waals surface area contributed by atoms with E-state index in [1.165, 1.54) is 0 Å². The van der Waals surface area contributed by atoms with Gasteiger partial charge in [0, 0.05) is 31.7 Å². The Hall–Kier alpha value is -0.360. The normalized spacial score (nSPS) is 18.8. The van der Waals surface area contributed by atoms with E-state index in [9.17, 15) is 9.50 Å². The molecular formula is C12H15BrClFN2O. The van der Waals surface area contributed by atoms with Crippen LogP contribution in [-0.2, 0) is 0 Å². The summed E-state index contributed by atoms with van der Waals surface area (Å²) >= 11 is 9.11. The lowest BCUT2D eigenvalue weighted by Gasteiger charge is -2.34. The average Bonchev–Trinajstić information content (AvgIpc) is 2.41. The van der Waals surface area contributed by atoms with E-state index in [1.54, 1.807) is 12.1 Å². The fraction of sp³-hybridized carbons (Fsp3) is 0.500. The fourth-order valence-corrected chi connectivity index (χ4v) is 2.71. The molecule has 3 nitrogen and oxygen atoms in total. The number of rotatable bonds is 3. The van der Waals surface area contributed by atoms with Crippen molar-refractivity contribution in [1.82, 2.24) is 10.2 Å². The molecule has 0 saturated carbocycles. The van der Waals surface area contributed by atoms with Crippen molar-refractivity contribution in [2.75, 3.05) is 32.9 Å². The molecule has 0 aromatic heterocycles. The Bertz CT molecular complexity index is 427. The molecule has 1 aromatic rings. The van der Waals surface area contributed by atoms with Crippen LogP contribution in [0, 0.1) is 0 Å². The van der Waals surface area contributed by atoms with E-state index in [-0.39, 0.29) is 5.75 Å². The Morgan fingerprint density at radius 2 is 2.11 bits per heavy atom. The largest absolute Gasteiger partial charge is 0.506 e. The SMILES string of the molecule is Oc1c([C@@H](CF)N2CCNCC2)ccc(Cl)c1Br. The number of hydrogen-bond acceptors (Lipinski definition) is 3. The van der Waals surface area contributed by atoms with Crippen LogP contribution in [0.25, 0.3) is 0 Å². The zero-order chi connectivity index (χ0) is 13.1. The molecule has 0 amide bonds. The van der Waals surface area contributed by atoms with Gasteiger partial charge in [-0.1, -0.05) is 17.7 Å². The highest BCUT2D eigenvalue weighted by molar-refractivity contribution is 9.10. The smallest absolute Gasteiger partial charge is 0.136 e. The number of aromatic hydroxyl groups is 1. The summed E-state index contributed by atoms with van der Waals surface area (Å²) in [6, 6.07) is 2.95. The van der Waals surface area contributed by atoms with Gasteiger partial charge in [0.15, 0.2) is 0 Å². The Labute approximate surface area is 119 Å². The number of halogens is 3. The Morgan fingerprint density at radius 3 is 2.72 bits per heavy atom. The quantitative estimate of drug-likeness (QED) is 0.890. The number of benzene rings is 1. The summed E-state index contributed by atoms with van der Waals surface area (Å²) in [6.45, 7) is 2.70. The minimum Gasteiger partial charge on any atom is -0.506 e. The molecule has 0 radical (unpaired) electrons. The molecular weight excluding hydrogens is 322 g/mol. The lowest BCUT2D eigenvalue weighted by atomic mass is 10.0. The maximum absolute atomic E-state index is 13.3. The van der Waals surface area contributed by atoms with E-state index in [1.807, 2.05) is 4.90 Å². The summed E-state index contributed by atoms with van der Waals surface area (Å²) in [4.78, 5) is 2.03. The van der Waals surface area contributed by atoms with E-state index in [2.05, 4.69) is 21.2 Å². The number of piperazine rings is 1. The predicted octanol–water partition coefficient (Wildman–Crippen LogP) is 2.72. The first-order valence-electron chi connectivity index (χ1n) is 5.82. The third-order valence-electron chi connectivity index (χ3n) is 3.20. The maximum atomic E-state index is 13.3. The minimum absolute atomic E-state index is 0.0312. The Kier molecular flexibility index (Phi) is 4.84. The van der Waals surface area contributed by atoms with Crippen molar-refractivity contribution in [3.63, 3.8) is 0 Å². The molecule has 1 aliphatic rings. The van der Waals surface area contributed by atoms with Crippen LogP contribution in [0.3, 0.4) is 0 Å². The first-order chi connectivity index (χ1) is 8.65. The van der Waals surface area contributed by atoms with Crippen LogP contribution in [0.15, 0.2) is 16.6 Å². The number of hydrogen-bond donors (Lipinski definition) is 2. The van der Waals surface area contributed by atoms with E-state index in [4.69, 9.17) is 11.6 Å². The fourth-order valence-electron chi connectivity index (χ4n) is 2.19. The van der Waals surface area contributed by atoms with Crippen molar-refractivity contribution in [1.29, 1.82) is 0 Å². The van der Waals surface area contributed by atoms with Crippen molar-refractivity contribution in [2.24, 2.45) is 0 Å². The molecule has 0 spiro atoms. The molecule has 1 saturated heterocycles. The zero-order valence-electron chi connectivity index (χ0n) is 9.80. The van der Waals surface area contributed by atoms with Crippen molar-refractivity contribution in [3.05, 3.63) is 27.2 Å². The number of phenols is 1. The molecule has 2 rings (SSSR count). The molecule has 1 heterocycles.